The first kappa shape index (κ1) is 46.0. The van der Waals surface area contributed by atoms with E-state index in [-0.39, 0.29) is 98.0 Å². The Morgan fingerprint density at radius 3 is 1.20 bits per heavy atom. The summed E-state index contributed by atoms with van der Waals surface area (Å²) in [4.78, 5) is 55.4. The smallest absolute Gasteiger partial charge is 0.337 e. The van der Waals surface area contributed by atoms with Gasteiger partial charge in [0.15, 0.2) is 34.7 Å². The van der Waals surface area contributed by atoms with Crippen molar-refractivity contribution < 1.29 is 63.1 Å². The van der Waals surface area contributed by atoms with Crippen LogP contribution in [-0.4, -0.2) is 103 Å². The predicted molar refractivity (Wildman–Crippen MR) is 205 cm³/mol. The van der Waals surface area contributed by atoms with Crippen LogP contribution in [0.1, 0.15) is 117 Å². The van der Waals surface area contributed by atoms with Crippen LogP contribution in [0.15, 0.2) is 24.3 Å². The molecular weight excluding hydrogens is 870 g/mol. The molecule has 0 bridgehead atoms. The third-order valence-electron chi connectivity index (χ3n) is 12.4. The topological polar surface area (TPSA) is 139 Å². The zero-order valence-corrected chi connectivity index (χ0v) is 34.5. The molecule has 4 aromatic rings. The van der Waals surface area contributed by atoms with Gasteiger partial charge in [-0.3, -0.25) is 29.4 Å². The summed E-state index contributed by atoms with van der Waals surface area (Å²) in [7, 11) is 0. The van der Waals surface area contributed by atoms with E-state index in [2.05, 4.69) is 20.4 Å². The van der Waals surface area contributed by atoms with Crippen LogP contribution in [-0.2, 0) is 47.9 Å². The highest BCUT2D eigenvalue weighted by molar-refractivity contribution is 5.95. The fourth-order valence-electron chi connectivity index (χ4n) is 9.00. The number of carbonyl (C=O) groups is 4. The first-order valence-electron chi connectivity index (χ1n) is 20.5. The van der Waals surface area contributed by atoms with E-state index >= 15 is 0 Å². The summed E-state index contributed by atoms with van der Waals surface area (Å²) in [5.41, 5.74) is -0.324. The molecule has 0 spiro atoms. The van der Waals surface area contributed by atoms with E-state index in [1.165, 1.54) is 23.6 Å². The highest BCUT2D eigenvalue weighted by Crippen LogP contribution is 2.43. The van der Waals surface area contributed by atoms with Crippen LogP contribution in [0, 0.1) is 23.3 Å². The lowest BCUT2D eigenvalue weighted by Gasteiger charge is -2.33. The predicted octanol–water partition coefficient (Wildman–Crippen LogP) is 7.26. The van der Waals surface area contributed by atoms with E-state index in [0.717, 1.165) is 23.3 Å². The monoisotopic (exact) mass is 912 g/mol. The number of rotatable bonds is 4. The molecule has 6 heterocycles. The molecule has 0 radical (unpaired) electrons. The summed E-state index contributed by atoms with van der Waals surface area (Å²) < 4.78 is 135. The number of likely N-dealkylation sites (tertiary alicyclic amines) is 2. The van der Waals surface area contributed by atoms with Crippen LogP contribution in [0.3, 0.4) is 0 Å². The van der Waals surface area contributed by atoms with Gasteiger partial charge in [-0.2, -0.15) is 36.5 Å². The molecule has 2 aromatic carbocycles. The summed E-state index contributed by atoms with van der Waals surface area (Å²) in [6.07, 6.45) is -8.34. The minimum absolute atomic E-state index is 0.0735. The minimum Gasteiger partial charge on any atom is -0.337 e. The largest absolute Gasteiger partial charge is 0.419 e. The fraction of sp³-hybridized carbons (Fsp3) is 0.476. The van der Waals surface area contributed by atoms with Crippen molar-refractivity contribution in [1.82, 2.24) is 40.0 Å². The van der Waals surface area contributed by atoms with Gasteiger partial charge in [0.25, 0.3) is 11.8 Å². The Morgan fingerprint density at radius 2 is 0.891 bits per heavy atom. The molecule has 0 saturated carbocycles. The number of nitrogens with one attached hydrogen (secondary N) is 2. The molecule has 0 aliphatic carbocycles. The number of hydrogen-bond acceptors (Lipinski definition) is 6. The van der Waals surface area contributed by atoms with Gasteiger partial charge in [-0.15, -0.1) is 0 Å². The molecule has 344 valence electrons. The van der Waals surface area contributed by atoms with Crippen molar-refractivity contribution in [3.63, 3.8) is 0 Å². The van der Waals surface area contributed by atoms with Gasteiger partial charge in [0, 0.05) is 64.2 Å². The number of halogens is 10. The Labute approximate surface area is 358 Å². The third-order valence-corrected chi connectivity index (χ3v) is 12.4. The summed E-state index contributed by atoms with van der Waals surface area (Å²) in [6, 6.07) is 3.37. The van der Waals surface area contributed by atoms with Gasteiger partial charge in [-0.05, 0) is 73.6 Å². The van der Waals surface area contributed by atoms with Crippen molar-refractivity contribution in [1.29, 1.82) is 0 Å². The van der Waals surface area contributed by atoms with Gasteiger partial charge in [0.05, 0.1) is 35.6 Å². The number of aromatic amines is 2. The second-order valence-corrected chi connectivity index (χ2v) is 16.2. The molecule has 22 heteroatoms. The molecule has 0 unspecified atom stereocenters. The zero-order valence-electron chi connectivity index (χ0n) is 34.5. The maximum Gasteiger partial charge on any atom is 0.419 e. The lowest BCUT2D eigenvalue weighted by molar-refractivity contribution is -0.142. The van der Waals surface area contributed by atoms with Crippen LogP contribution < -0.4 is 0 Å². The number of fused-ring (bicyclic) bond motifs is 2. The standard InChI is InChI=1S/2C21H21F5N4O2/c2*1-11(31)30-9-6-14-16(10-30)27-28-19(14)20(32)29-7-4-12(5-8-29)13-2-3-15(22)18(23)17(13)21(24,25)26/h2*2-3,12H,4-10H2,1H3,(H,27,28). The van der Waals surface area contributed by atoms with Crippen molar-refractivity contribution in [2.75, 3.05) is 39.3 Å². The number of H-pyrrole nitrogens is 2. The Hall–Kier alpha value is -5.96. The van der Waals surface area contributed by atoms with E-state index in [4.69, 9.17) is 0 Å². The average Bonchev–Trinajstić information content (AvgIpc) is 3.88. The van der Waals surface area contributed by atoms with Crippen LogP contribution in [0.5, 0.6) is 0 Å². The van der Waals surface area contributed by atoms with Crippen LogP contribution >= 0.6 is 0 Å². The molecule has 12 nitrogen and oxygen atoms in total. The SMILES string of the molecule is CC(=O)N1CCc2c(C(=O)N3CCC(c4ccc(F)c(F)c4C(F)(F)F)CC3)n[nH]c2C1.CC(=O)N1CCc2c(C(=O)N3CCC(c4ccc(F)c(F)c4C(F)(F)F)CC3)n[nH]c2C1. The van der Waals surface area contributed by atoms with E-state index < -0.39 is 58.6 Å². The van der Waals surface area contributed by atoms with Gasteiger partial charge in [0.1, 0.15) is 0 Å². The van der Waals surface area contributed by atoms with Crippen molar-refractivity contribution >= 4 is 23.6 Å². The number of carbonyl (C=O) groups excluding carboxylic acids is 4. The van der Waals surface area contributed by atoms with Gasteiger partial charge in [-0.25, -0.2) is 17.6 Å². The molecule has 4 aliphatic rings. The van der Waals surface area contributed by atoms with E-state index in [0.29, 0.717) is 62.5 Å². The number of hydrogen-bond donors (Lipinski definition) is 2. The number of nitrogens with zero attached hydrogens (tertiary/aromatic N) is 6. The van der Waals surface area contributed by atoms with Gasteiger partial charge >= 0.3 is 12.4 Å². The molecule has 2 saturated heterocycles. The number of alkyl halides is 6. The number of piperidine rings is 2. The van der Waals surface area contributed by atoms with Crippen molar-refractivity contribution in [2.24, 2.45) is 0 Å². The van der Waals surface area contributed by atoms with Crippen LogP contribution in [0.25, 0.3) is 0 Å². The highest BCUT2D eigenvalue weighted by atomic mass is 19.4. The van der Waals surface area contributed by atoms with Gasteiger partial charge < -0.3 is 19.6 Å². The van der Waals surface area contributed by atoms with Crippen molar-refractivity contribution in [3.8, 4) is 0 Å². The summed E-state index contributed by atoms with van der Waals surface area (Å²) in [5.74, 6) is -8.98. The quantitative estimate of drug-likeness (QED) is 0.207. The normalized spacial score (nSPS) is 17.4. The van der Waals surface area contributed by atoms with Gasteiger partial charge in [-0.1, -0.05) is 12.1 Å². The number of aromatic nitrogens is 4. The Balaban J connectivity index is 0.000000191. The zero-order chi connectivity index (χ0) is 46.4. The number of benzene rings is 2. The second-order valence-electron chi connectivity index (χ2n) is 16.2. The Morgan fingerprint density at radius 1 is 0.547 bits per heavy atom. The molecule has 2 fully saturated rings. The Bertz CT molecular complexity index is 2280. The third kappa shape index (κ3) is 9.17. The van der Waals surface area contributed by atoms with Crippen molar-refractivity contribution in [2.45, 2.75) is 89.7 Å². The summed E-state index contributed by atoms with van der Waals surface area (Å²) in [5, 5.41) is 13.9. The first-order chi connectivity index (χ1) is 30.1. The molecule has 2 N–H and O–H groups in total. The number of amides is 4. The lowest BCUT2D eigenvalue weighted by atomic mass is 9.85. The van der Waals surface area contributed by atoms with E-state index in [9.17, 15) is 63.1 Å². The maximum atomic E-state index is 13.9. The molecule has 0 atom stereocenters. The molecular formula is C42H42F10N8O4. The Kier molecular flexibility index (Phi) is 12.9. The van der Waals surface area contributed by atoms with Crippen molar-refractivity contribution in [3.05, 3.63) is 104 Å². The molecule has 64 heavy (non-hydrogen) atoms. The molecule has 8 rings (SSSR count). The minimum atomic E-state index is -5.02. The lowest BCUT2D eigenvalue weighted by Crippen LogP contribution is -2.39. The van der Waals surface area contributed by atoms with Crippen LogP contribution in [0.4, 0.5) is 43.9 Å². The molecule has 4 amide bonds. The first-order valence-corrected chi connectivity index (χ1v) is 20.5. The van der Waals surface area contributed by atoms with Gasteiger partial charge in [0.2, 0.25) is 11.8 Å². The maximum absolute atomic E-state index is 13.9. The second kappa shape index (κ2) is 17.9. The summed E-state index contributed by atoms with van der Waals surface area (Å²) in [6.45, 7) is 5.22. The summed E-state index contributed by atoms with van der Waals surface area (Å²) >= 11 is 0. The molecule has 2 aromatic heterocycles. The van der Waals surface area contributed by atoms with E-state index in [1.807, 2.05) is 0 Å². The average molecular weight is 913 g/mol. The molecule has 4 aliphatic heterocycles. The van der Waals surface area contributed by atoms with E-state index in [1.54, 1.807) is 9.80 Å². The highest BCUT2D eigenvalue weighted by Gasteiger charge is 2.43. The fourth-order valence-corrected chi connectivity index (χ4v) is 9.00. The van der Waals surface area contributed by atoms with Crippen LogP contribution in [0.2, 0.25) is 0 Å².